The molecular weight excluding hydrogens is 270 g/mol. The third kappa shape index (κ3) is 3.23. The summed E-state index contributed by atoms with van der Waals surface area (Å²) in [5, 5.41) is 0. The number of hydrogen-bond donors (Lipinski definition) is 0. The van der Waals surface area contributed by atoms with E-state index in [4.69, 9.17) is 14.2 Å². The van der Waals surface area contributed by atoms with Crippen LogP contribution in [-0.2, 0) is 11.3 Å². The largest absolute Gasteiger partial charge is 0.497 e. The fraction of sp³-hybridized carbons (Fsp3) is 0.562. The molecule has 1 aromatic carbocycles. The van der Waals surface area contributed by atoms with Crippen LogP contribution in [0.2, 0.25) is 0 Å². The highest BCUT2D eigenvalue weighted by Crippen LogP contribution is 2.29. The number of benzene rings is 1. The van der Waals surface area contributed by atoms with E-state index in [1.165, 1.54) is 0 Å². The number of methoxy groups -OCH3 is 2. The number of hydrogen-bond acceptors (Lipinski definition) is 4. The van der Waals surface area contributed by atoms with Gasteiger partial charge in [-0.2, -0.15) is 0 Å². The molecule has 1 amide bonds. The smallest absolute Gasteiger partial charge is 0.410 e. The van der Waals surface area contributed by atoms with Crippen molar-refractivity contribution in [2.45, 2.75) is 39.5 Å². The molecule has 2 atom stereocenters. The van der Waals surface area contributed by atoms with Crippen molar-refractivity contribution in [3.63, 3.8) is 0 Å². The Bertz CT molecular complexity index is 493. The van der Waals surface area contributed by atoms with Gasteiger partial charge in [-0.15, -0.1) is 0 Å². The van der Waals surface area contributed by atoms with Crippen molar-refractivity contribution in [1.29, 1.82) is 0 Å². The topological polar surface area (TPSA) is 48.0 Å². The van der Waals surface area contributed by atoms with Crippen molar-refractivity contribution < 1.29 is 19.0 Å². The Kier molecular flexibility index (Phi) is 4.60. The molecule has 0 saturated carbocycles. The maximum Gasteiger partial charge on any atom is 0.410 e. The van der Waals surface area contributed by atoms with Gasteiger partial charge in [0.2, 0.25) is 0 Å². The number of rotatable bonds is 5. The minimum atomic E-state index is -0.261. The second-order valence-corrected chi connectivity index (χ2v) is 5.68. The van der Waals surface area contributed by atoms with Crippen LogP contribution in [0.3, 0.4) is 0 Å². The standard InChI is InChI=1S/C16H23NO4/c1-10(2)15-11(3)17(16(18)21-15)9-12-6-13(19-4)8-14(7-12)20-5/h6-8,10-11,15H,9H2,1-5H3/t11-,15-/m1/s1. The van der Waals surface area contributed by atoms with Gasteiger partial charge >= 0.3 is 6.09 Å². The first-order chi connectivity index (χ1) is 9.96. The van der Waals surface area contributed by atoms with Crippen LogP contribution in [0, 0.1) is 5.92 Å². The lowest BCUT2D eigenvalue weighted by Crippen LogP contribution is -2.35. The van der Waals surface area contributed by atoms with E-state index in [1.807, 2.05) is 25.1 Å². The molecule has 116 valence electrons. The van der Waals surface area contributed by atoms with Gasteiger partial charge in [-0.25, -0.2) is 4.79 Å². The average Bonchev–Trinajstić information content (AvgIpc) is 2.75. The highest BCUT2D eigenvalue weighted by atomic mass is 16.6. The fourth-order valence-corrected chi connectivity index (χ4v) is 2.68. The zero-order chi connectivity index (χ0) is 15.6. The molecule has 5 heteroatoms. The number of carbonyl (C=O) groups excluding carboxylic acids is 1. The Morgan fingerprint density at radius 3 is 2.19 bits per heavy atom. The van der Waals surface area contributed by atoms with E-state index >= 15 is 0 Å². The van der Waals surface area contributed by atoms with E-state index in [-0.39, 0.29) is 18.2 Å². The van der Waals surface area contributed by atoms with E-state index in [9.17, 15) is 4.79 Å². The highest BCUT2D eigenvalue weighted by molar-refractivity contribution is 5.70. The van der Waals surface area contributed by atoms with Crippen LogP contribution in [0.1, 0.15) is 26.3 Å². The zero-order valence-electron chi connectivity index (χ0n) is 13.3. The minimum absolute atomic E-state index is 0.0506. The molecule has 1 aliphatic heterocycles. The summed E-state index contributed by atoms with van der Waals surface area (Å²) in [6.45, 7) is 6.63. The number of amides is 1. The quantitative estimate of drug-likeness (QED) is 0.837. The molecule has 2 rings (SSSR count). The predicted octanol–water partition coefficient (Wildman–Crippen LogP) is 3.07. The van der Waals surface area contributed by atoms with E-state index in [2.05, 4.69) is 13.8 Å². The van der Waals surface area contributed by atoms with Crippen LogP contribution in [0.25, 0.3) is 0 Å². The summed E-state index contributed by atoms with van der Waals surface area (Å²) in [7, 11) is 3.22. The van der Waals surface area contributed by atoms with E-state index < -0.39 is 0 Å². The van der Waals surface area contributed by atoms with Crippen LogP contribution in [0.4, 0.5) is 4.79 Å². The minimum Gasteiger partial charge on any atom is -0.497 e. The Hall–Kier alpha value is -1.91. The molecule has 21 heavy (non-hydrogen) atoms. The van der Waals surface area contributed by atoms with Gasteiger partial charge in [0.15, 0.2) is 0 Å². The molecule has 0 unspecified atom stereocenters. The highest BCUT2D eigenvalue weighted by Gasteiger charge is 2.40. The third-order valence-corrected chi connectivity index (χ3v) is 3.86. The Labute approximate surface area is 125 Å². The molecule has 0 spiro atoms. The molecule has 0 N–H and O–H groups in total. The number of nitrogens with zero attached hydrogens (tertiary/aromatic N) is 1. The number of cyclic esters (lactones) is 1. The average molecular weight is 293 g/mol. The van der Waals surface area contributed by atoms with Crippen LogP contribution in [-0.4, -0.2) is 37.4 Å². The van der Waals surface area contributed by atoms with Crippen LogP contribution in [0.5, 0.6) is 11.5 Å². The monoisotopic (exact) mass is 293 g/mol. The molecule has 0 bridgehead atoms. The lowest BCUT2D eigenvalue weighted by Gasteiger charge is -2.23. The van der Waals surface area contributed by atoms with Gasteiger partial charge in [0.25, 0.3) is 0 Å². The second-order valence-electron chi connectivity index (χ2n) is 5.68. The van der Waals surface area contributed by atoms with E-state index in [0.29, 0.717) is 24.0 Å². The van der Waals surface area contributed by atoms with Gasteiger partial charge in [0.05, 0.1) is 20.3 Å². The van der Waals surface area contributed by atoms with Crippen molar-refractivity contribution >= 4 is 6.09 Å². The summed E-state index contributed by atoms with van der Waals surface area (Å²) in [6, 6.07) is 5.68. The summed E-state index contributed by atoms with van der Waals surface area (Å²) < 4.78 is 16.0. The number of carbonyl (C=O) groups is 1. The Morgan fingerprint density at radius 2 is 1.76 bits per heavy atom. The first kappa shape index (κ1) is 15.5. The third-order valence-electron chi connectivity index (χ3n) is 3.86. The zero-order valence-corrected chi connectivity index (χ0v) is 13.3. The van der Waals surface area contributed by atoms with Gasteiger partial charge in [0, 0.05) is 12.6 Å². The fourth-order valence-electron chi connectivity index (χ4n) is 2.68. The van der Waals surface area contributed by atoms with Crippen molar-refractivity contribution in [3.05, 3.63) is 23.8 Å². The summed E-state index contributed by atoms with van der Waals surface area (Å²) >= 11 is 0. The number of ether oxygens (including phenoxy) is 3. The molecule has 0 aliphatic carbocycles. The molecule has 0 aromatic heterocycles. The maximum atomic E-state index is 12.1. The Morgan fingerprint density at radius 1 is 1.19 bits per heavy atom. The van der Waals surface area contributed by atoms with Crippen molar-refractivity contribution in [1.82, 2.24) is 4.90 Å². The lowest BCUT2D eigenvalue weighted by molar-refractivity contribution is 0.104. The predicted molar refractivity (Wildman–Crippen MR) is 79.7 cm³/mol. The first-order valence-electron chi connectivity index (χ1n) is 7.15. The molecule has 1 heterocycles. The van der Waals surface area contributed by atoms with Gasteiger partial charge in [0.1, 0.15) is 17.6 Å². The van der Waals surface area contributed by atoms with Gasteiger partial charge in [-0.3, -0.25) is 4.90 Å². The SMILES string of the molecule is COc1cc(CN2C(=O)O[C@H](C(C)C)[C@H]2C)cc(OC)c1. The van der Waals surface area contributed by atoms with Crippen molar-refractivity contribution in [2.75, 3.05) is 14.2 Å². The van der Waals surface area contributed by atoms with Crippen LogP contribution < -0.4 is 9.47 Å². The van der Waals surface area contributed by atoms with E-state index in [0.717, 1.165) is 5.56 Å². The van der Waals surface area contributed by atoms with Crippen LogP contribution >= 0.6 is 0 Å². The normalized spacial score (nSPS) is 21.6. The van der Waals surface area contributed by atoms with Crippen molar-refractivity contribution in [2.24, 2.45) is 5.92 Å². The van der Waals surface area contributed by atoms with Gasteiger partial charge < -0.3 is 14.2 Å². The lowest BCUT2D eigenvalue weighted by atomic mass is 10.0. The second kappa shape index (κ2) is 6.24. The molecule has 1 aromatic rings. The van der Waals surface area contributed by atoms with Gasteiger partial charge in [-0.05, 0) is 30.5 Å². The maximum absolute atomic E-state index is 12.1. The molecule has 1 fully saturated rings. The molecular formula is C16H23NO4. The summed E-state index contributed by atoms with van der Waals surface area (Å²) in [5.41, 5.74) is 0.958. The first-order valence-corrected chi connectivity index (χ1v) is 7.15. The molecule has 0 radical (unpaired) electrons. The summed E-state index contributed by atoms with van der Waals surface area (Å²) in [4.78, 5) is 13.8. The van der Waals surface area contributed by atoms with E-state index in [1.54, 1.807) is 19.1 Å². The van der Waals surface area contributed by atoms with Crippen molar-refractivity contribution in [3.8, 4) is 11.5 Å². The molecule has 1 saturated heterocycles. The van der Waals surface area contributed by atoms with Crippen LogP contribution in [0.15, 0.2) is 18.2 Å². The summed E-state index contributed by atoms with van der Waals surface area (Å²) in [6.07, 6.45) is -0.326. The molecule has 1 aliphatic rings. The Balaban J connectivity index is 2.19. The molecule has 5 nitrogen and oxygen atoms in total. The van der Waals surface area contributed by atoms with Gasteiger partial charge in [-0.1, -0.05) is 13.8 Å². The summed E-state index contributed by atoms with van der Waals surface area (Å²) in [5.74, 6) is 1.73.